The first-order valence-corrected chi connectivity index (χ1v) is 9.04. The number of rotatable bonds is 3. The average Bonchev–Trinajstić information content (AvgIpc) is 2.54. The van der Waals surface area contributed by atoms with Crippen molar-refractivity contribution in [3.63, 3.8) is 0 Å². The Morgan fingerprint density at radius 2 is 1.68 bits per heavy atom. The number of piperidine rings is 1. The fourth-order valence-corrected chi connectivity index (χ4v) is 2.82. The van der Waals surface area contributed by atoms with E-state index in [2.05, 4.69) is 19.2 Å². The van der Waals surface area contributed by atoms with E-state index in [1.807, 2.05) is 45.0 Å². The van der Waals surface area contributed by atoms with Gasteiger partial charge in [0.05, 0.1) is 0 Å². The number of hydrogen-bond acceptors (Lipinski definition) is 3. The molecule has 1 N–H and O–H groups in total. The van der Waals surface area contributed by atoms with Gasteiger partial charge in [-0.3, -0.25) is 4.79 Å². The molecule has 2 amide bonds. The lowest BCUT2D eigenvalue weighted by atomic mass is 10.0. The minimum atomic E-state index is -0.482. The first kappa shape index (κ1) is 19.3. The second kappa shape index (κ2) is 7.89. The molecule has 0 saturated carbocycles. The molecule has 1 aliphatic rings. The molecule has 2 rings (SSSR count). The number of benzene rings is 1. The van der Waals surface area contributed by atoms with Gasteiger partial charge in [-0.15, -0.1) is 0 Å². The fraction of sp³-hybridized carbons (Fsp3) is 0.600. The fourth-order valence-electron chi connectivity index (χ4n) is 2.82. The zero-order valence-electron chi connectivity index (χ0n) is 16.0. The van der Waals surface area contributed by atoms with Crippen molar-refractivity contribution in [2.75, 3.05) is 13.1 Å². The zero-order chi connectivity index (χ0) is 18.6. The van der Waals surface area contributed by atoms with Crippen LogP contribution in [0.3, 0.4) is 0 Å². The molecular weight excluding hydrogens is 316 g/mol. The van der Waals surface area contributed by atoms with Crippen molar-refractivity contribution in [2.24, 2.45) is 0 Å². The van der Waals surface area contributed by atoms with E-state index in [0.717, 1.165) is 12.8 Å². The molecule has 1 aromatic carbocycles. The molecule has 5 heteroatoms. The van der Waals surface area contributed by atoms with E-state index in [4.69, 9.17) is 4.74 Å². The maximum absolute atomic E-state index is 12.4. The second-order valence-electron chi connectivity index (χ2n) is 7.99. The summed E-state index contributed by atoms with van der Waals surface area (Å²) in [6, 6.07) is 7.85. The molecule has 0 atom stereocenters. The molecule has 0 bridgehead atoms. The number of likely N-dealkylation sites (tertiary alicyclic amines) is 1. The highest BCUT2D eigenvalue weighted by atomic mass is 16.6. The average molecular weight is 346 g/mol. The van der Waals surface area contributed by atoms with Crippen LogP contribution in [0.15, 0.2) is 24.3 Å². The number of nitrogens with zero attached hydrogens (tertiary/aromatic N) is 1. The third kappa shape index (κ3) is 5.76. The highest BCUT2D eigenvalue weighted by Gasteiger charge is 2.27. The molecule has 1 saturated heterocycles. The van der Waals surface area contributed by atoms with E-state index in [1.54, 1.807) is 4.90 Å². The Kier molecular flexibility index (Phi) is 6.09. The van der Waals surface area contributed by atoms with Crippen LogP contribution in [0.2, 0.25) is 0 Å². The summed E-state index contributed by atoms with van der Waals surface area (Å²) in [6.07, 6.45) is 1.21. The van der Waals surface area contributed by atoms with Gasteiger partial charge in [0.1, 0.15) is 5.60 Å². The molecule has 0 radical (unpaired) electrons. The Bertz CT molecular complexity index is 594. The van der Waals surface area contributed by atoms with Crippen LogP contribution < -0.4 is 5.32 Å². The van der Waals surface area contributed by atoms with Crippen LogP contribution in [0.1, 0.15) is 69.3 Å². The van der Waals surface area contributed by atoms with Gasteiger partial charge < -0.3 is 15.0 Å². The Hall–Kier alpha value is -2.04. The van der Waals surface area contributed by atoms with Crippen LogP contribution in [-0.2, 0) is 4.74 Å². The highest BCUT2D eigenvalue weighted by Crippen LogP contribution is 2.17. The quantitative estimate of drug-likeness (QED) is 0.902. The van der Waals surface area contributed by atoms with Gasteiger partial charge in [-0.2, -0.15) is 0 Å². The maximum atomic E-state index is 12.4. The summed E-state index contributed by atoms with van der Waals surface area (Å²) in [6.45, 7) is 11.1. The third-order valence-electron chi connectivity index (χ3n) is 4.32. The monoisotopic (exact) mass is 346 g/mol. The largest absolute Gasteiger partial charge is 0.444 e. The molecule has 1 aromatic rings. The van der Waals surface area contributed by atoms with Crippen molar-refractivity contribution in [3.8, 4) is 0 Å². The van der Waals surface area contributed by atoms with Gasteiger partial charge in [0, 0.05) is 24.7 Å². The van der Waals surface area contributed by atoms with Gasteiger partial charge in [-0.25, -0.2) is 4.79 Å². The SMILES string of the molecule is CC(C)c1ccc(C(=O)NC2CCN(C(=O)OC(C)(C)C)CC2)cc1. The molecule has 1 fully saturated rings. The molecule has 138 valence electrons. The molecule has 0 aliphatic carbocycles. The molecule has 5 nitrogen and oxygen atoms in total. The molecular formula is C20H30N2O3. The minimum absolute atomic E-state index is 0.0500. The Balaban J connectivity index is 1.83. The lowest BCUT2D eigenvalue weighted by molar-refractivity contribution is 0.0199. The van der Waals surface area contributed by atoms with Crippen molar-refractivity contribution in [1.29, 1.82) is 0 Å². The van der Waals surface area contributed by atoms with Gasteiger partial charge in [0.2, 0.25) is 0 Å². The predicted molar refractivity (Wildman–Crippen MR) is 98.8 cm³/mol. The Labute approximate surface area is 150 Å². The topological polar surface area (TPSA) is 58.6 Å². The smallest absolute Gasteiger partial charge is 0.410 e. The van der Waals surface area contributed by atoms with Gasteiger partial charge in [0.25, 0.3) is 5.91 Å². The summed E-state index contributed by atoms with van der Waals surface area (Å²) in [5, 5.41) is 3.07. The van der Waals surface area contributed by atoms with E-state index in [9.17, 15) is 9.59 Å². The number of amides is 2. The minimum Gasteiger partial charge on any atom is -0.444 e. The zero-order valence-corrected chi connectivity index (χ0v) is 16.0. The van der Waals surface area contributed by atoms with Gasteiger partial charge in [0.15, 0.2) is 0 Å². The lowest BCUT2D eigenvalue weighted by Gasteiger charge is -2.33. The van der Waals surface area contributed by atoms with Gasteiger partial charge in [-0.05, 0) is 57.2 Å². The van der Waals surface area contributed by atoms with E-state index in [-0.39, 0.29) is 18.0 Å². The summed E-state index contributed by atoms with van der Waals surface area (Å²) in [5.41, 5.74) is 1.42. The molecule has 25 heavy (non-hydrogen) atoms. The van der Waals surface area contributed by atoms with E-state index in [0.29, 0.717) is 24.6 Å². The van der Waals surface area contributed by atoms with Crippen molar-refractivity contribution < 1.29 is 14.3 Å². The summed E-state index contributed by atoms with van der Waals surface area (Å²) in [5.74, 6) is 0.403. The lowest BCUT2D eigenvalue weighted by Crippen LogP contribution is -2.47. The van der Waals surface area contributed by atoms with Crippen molar-refractivity contribution in [2.45, 2.75) is 65.0 Å². The molecule has 0 spiro atoms. The van der Waals surface area contributed by atoms with E-state index >= 15 is 0 Å². The third-order valence-corrected chi connectivity index (χ3v) is 4.32. The highest BCUT2D eigenvalue weighted by molar-refractivity contribution is 5.94. The van der Waals surface area contributed by atoms with Crippen LogP contribution in [0, 0.1) is 0 Å². The summed E-state index contributed by atoms with van der Waals surface area (Å²) in [4.78, 5) is 26.2. The van der Waals surface area contributed by atoms with Crippen LogP contribution >= 0.6 is 0 Å². The van der Waals surface area contributed by atoms with Crippen LogP contribution in [-0.4, -0.2) is 41.6 Å². The normalized spacial score (nSPS) is 16.0. The van der Waals surface area contributed by atoms with Crippen molar-refractivity contribution in [3.05, 3.63) is 35.4 Å². The second-order valence-corrected chi connectivity index (χ2v) is 7.99. The van der Waals surface area contributed by atoms with E-state index in [1.165, 1.54) is 5.56 Å². The Morgan fingerprint density at radius 1 is 1.12 bits per heavy atom. The first-order valence-electron chi connectivity index (χ1n) is 9.04. The summed E-state index contributed by atoms with van der Waals surface area (Å²) >= 11 is 0. The number of ether oxygens (including phenoxy) is 1. The summed E-state index contributed by atoms with van der Waals surface area (Å²) in [7, 11) is 0. The molecule has 0 unspecified atom stereocenters. The van der Waals surface area contributed by atoms with E-state index < -0.39 is 5.60 Å². The van der Waals surface area contributed by atoms with Gasteiger partial charge in [-0.1, -0.05) is 26.0 Å². The van der Waals surface area contributed by atoms with Crippen LogP contribution in [0.4, 0.5) is 4.79 Å². The number of hydrogen-bond donors (Lipinski definition) is 1. The number of nitrogens with one attached hydrogen (secondary N) is 1. The first-order chi connectivity index (χ1) is 11.7. The molecule has 0 aromatic heterocycles. The predicted octanol–water partition coefficient (Wildman–Crippen LogP) is 3.94. The standard InChI is InChI=1S/C20H30N2O3/c1-14(2)15-6-8-16(9-7-15)18(23)21-17-10-12-22(13-11-17)19(24)25-20(3,4)5/h6-9,14,17H,10-13H2,1-5H3,(H,21,23). The molecule has 1 aliphatic heterocycles. The summed E-state index contributed by atoms with van der Waals surface area (Å²) < 4.78 is 5.39. The van der Waals surface area contributed by atoms with Crippen molar-refractivity contribution in [1.82, 2.24) is 10.2 Å². The maximum Gasteiger partial charge on any atom is 0.410 e. The van der Waals surface area contributed by atoms with Crippen molar-refractivity contribution >= 4 is 12.0 Å². The molecule has 1 heterocycles. The number of carbonyl (C=O) groups is 2. The number of carbonyl (C=O) groups excluding carboxylic acids is 2. The Morgan fingerprint density at radius 3 is 2.16 bits per heavy atom. The van der Waals surface area contributed by atoms with Gasteiger partial charge >= 0.3 is 6.09 Å². The van der Waals surface area contributed by atoms with Crippen LogP contribution in [0.5, 0.6) is 0 Å². The van der Waals surface area contributed by atoms with Crippen LogP contribution in [0.25, 0.3) is 0 Å².